The molecular weight excluding hydrogens is 354 g/mol. The van der Waals surface area contributed by atoms with E-state index in [9.17, 15) is 14.7 Å². The molecule has 1 N–H and O–H groups in total. The number of hydrogen-bond donors (Lipinski definition) is 1. The predicted octanol–water partition coefficient (Wildman–Crippen LogP) is 4.21. The summed E-state index contributed by atoms with van der Waals surface area (Å²) in [5, 5.41) is 10.7. The third-order valence-electron chi connectivity index (χ3n) is 4.86. The van der Waals surface area contributed by atoms with Gasteiger partial charge in [-0.05, 0) is 11.6 Å². The molecule has 1 atom stereocenters. The molecule has 1 aliphatic heterocycles. The Kier molecular flexibility index (Phi) is 5.27. The summed E-state index contributed by atoms with van der Waals surface area (Å²) in [4.78, 5) is 27.7. The largest absolute Gasteiger partial charge is 0.503 e. The lowest BCUT2D eigenvalue weighted by molar-refractivity contribution is -0.130. The number of aliphatic hydroxyl groups is 1. The second kappa shape index (κ2) is 7.50. The van der Waals surface area contributed by atoms with Crippen molar-refractivity contribution in [3.05, 3.63) is 77.1 Å². The highest BCUT2D eigenvalue weighted by Gasteiger charge is 2.46. The topological polar surface area (TPSA) is 66.8 Å². The molecule has 5 nitrogen and oxygen atoms in total. The zero-order chi connectivity index (χ0) is 20.5. The van der Waals surface area contributed by atoms with Gasteiger partial charge in [-0.15, -0.1) is 0 Å². The molecule has 2 aromatic rings. The lowest BCUT2D eigenvalue weighted by Crippen LogP contribution is -2.32. The maximum Gasteiger partial charge on any atom is 0.290 e. The van der Waals surface area contributed by atoms with Crippen LogP contribution < -0.4 is 4.74 Å². The molecule has 2 aromatic carbocycles. The zero-order valence-corrected chi connectivity index (χ0v) is 16.6. The summed E-state index contributed by atoms with van der Waals surface area (Å²) in [5.74, 6) is -0.726. The Morgan fingerprint density at radius 1 is 1.07 bits per heavy atom. The summed E-state index contributed by atoms with van der Waals surface area (Å²) in [6.07, 6.45) is 0. The number of amides is 1. The van der Waals surface area contributed by atoms with Crippen molar-refractivity contribution in [2.45, 2.75) is 33.4 Å². The van der Waals surface area contributed by atoms with Crippen LogP contribution in [-0.4, -0.2) is 28.8 Å². The minimum atomic E-state index is -0.743. The lowest BCUT2D eigenvalue weighted by Gasteiger charge is -2.29. The van der Waals surface area contributed by atoms with Gasteiger partial charge in [-0.1, -0.05) is 69.3 Å². The Morgan fingerprint density at radius 3 is 2.29 bits per heavy atom. The van der Waals surface area contributed by atoms with Crippen molar-refractivity contribution < 1.29 is 19.4 Å². The average Bonchev–Trinajstić information content (AvgIpc) is 2.92. The quantitative estimate of drug-likeness (QED) is 0.845. The fourth-order valence-corrected chi connectivity index (χ4v) is 3.45. The molecule has 1 aliphatic rings. The highest BCUT2D eigenvalue weighted by molar-refractivity contribution is 6.10. The molecule has 1 unspecified atom stereocenters. The number of carbonyl (C=O) groups is 2. The number of methoxy groups -OCH3 is 1. The second-order valence-corrected chi connectivity index (χ2v) is 7.90. The standard InChI is InChI=1S/C23H25NO4/c1-23(2,3)21(26)18-19(16-12-8-9-13-17(16)28-4)24(22(27)20(18)25)14-15-10-6-5-7-11-15/h5-13,19,25H,14H2,1-4H3. The number of hydrogen-bond acceptors (Lipinski definition) is 4. The highest BCUT2D eigenvalue weighted by atomic mass is 16.5. The van der Waals surface area contributed by atoms with Crippen LogP contribution in [0.4, 0.5) is 0 Å². The number of ether oxygens (including phenoxy) is 1. The number of para-hydroxylation sites is 1. The van der Waals surface area contributed by atoms with Crippen molar-refractivity contribution in [3.8, 4) is 5.75 Å². The van der Waals surface area contributed by atoms with Crippen LogP contribution in [0.2, 0.25) is 0 Å². The maximum absolute atomic E-state index is 13.2. The van der Waals surface area contributed by atoms with Crippen LogP contribution in [0.3, 0.4) is 0 Å². The van der Waals surface area contributed by atoms with Gasteiger partial charge in [0.1, 0.15) is 5.75 Å². The summed E-state index contributed by atoms with van der Waals surface area (Å²) >= 11 is 0. The van der Waals surface area contributed by atoms with E-state index in [0.29, 0.717) is 11.3 Å². The van der Waals surface area contributed by atoms with Crippen molar-refractivity contribution in [1.29, 1.82) is 0 Å². The van der Waals surface area contributed by atoms with Gasteiger partial charge in [0.25, 0.3) is 5.91 Å². The van der Waals surface area contributed by atoms with Gasteiger partial charge in [0, 0.05) is 17.5 Å². The Bertz CT molecular complexity index is 925. The van der Waals surface area contributed by atoms with Crippen molar-refractivity contribution in [3.63, 3.8) is 0 Å². The minimum Gasteiger partial charge on any atom is -0.503 e. The first-order chi connectivity index (χ1) is 13.3. The molecule has 0 bridgehead atoms. The number of benzene rings is 2. The summed E-state index contributed by atoms with van der Waals surface area (Å²) in [5.41, 5.74) is 0.962. The van der Waals surface area contributed by atoms with Crippen LogP contribution in [-0.2, 0) is 16.1 Å². The van der Waals surface area contributed by atoms with E-state index in [2.05, 4.69) is 0 Å². The Balaban J connectivity index is 2.15. The van der Waals surface area contributed by atoms with Crippen molar-refractivity contribution in [2.75, 3.05) is 7.11 Å². The second-order valence-electron chi connectivity index (χ2n) is 7.90. The van der Waals surface area contributed by atoms with Gasteiger partial charge >= 0.3 is 0 Å². The van der Waals surface area contributed by atoms with Crippen LogP contribution in [0.15, 0.2) is 65.9 Å². The summed E-state index contributed by atoms with van der Waals surface area (Å²) in [6, 6.07) is 16.1. The molecule has 5 heteroatoms. The summed E-state index contributed by atoms with van der Waals surface area (Å²) < 4.78 is 5.49. The number of carbonyl (C=O) groups excluding carboxylic acids is 2. The molecule has 0 aromatic heterocycles. The fraction of sp³-hybridized carbons (Fsp3) is 0.304. The maximum atomic E-state index is 13.2. The molecule has 1 amide bonds. The Labute approximate surface area is 165 Å². The number of Topliss-reactive ketones (excluding diaryl/α,β-unsaturated/α-hetero) is 1. The van der Waals surface area contributed by atoms with E-state index in [1.54, 1.807) is 33.9 Å². The van der Waals surface area contributed by atoms with Crippen molar-refractivity contribution in [2.24, 2.45) is 5.41 Å². The van der Waals surface area contributed by atoms with Gasteiger partial charge < -0.3 is 14.7 Å². The van der Waals surface area contributed by atoms with Crippen LogP contribution in [0.1, 0.15) is 37.9 Å². The van der Waals surface area contributed by atoms with E-state index < -0.39 is 23.1 Å². The SMILES string of the molecule is COc1ccccc1C1C(C(=O)C(C)(C)C)=C(O)C(=O)N1Cc1ccccc1. The average molecular weight is 379 g/mol. The molecule has 0 aliphatic carbocycles. The number of aliphatic hydroxyl groups excluding tert-OH is 1. The van der Waals surface area contributed by atoms with E-state index in [-0.39, 0.29) is 17.9 Å². The van der Waals surface area contributed by atoms with Crippen LogP contribution in [0.5, 0.6) is 5.75 Å². The third kappa shape index (κ3) is 3.52. The minimum absolute atomic E-state index is 0.123. The molecule has 28 heavy (non-hydrogen) atoms. The van der Waals surface area contributed by atoms with Gasteiger partial charge in [0.2, 0.25) is 0 Å². The summed E-state index contributed by atoms with van der Waals surface area (Å²) in [6.45, 7) is 5.60. The van der Waals surface area contributed by atoms with Crippen LogP contribution in [0, 0.1) is 5.41 Å². The first-order valence-corrected chi connectivity index (χ1v) is 9.21. The molecule has 1 heterocycles. The molecule has 0 radical (unpaired) electrons. The molecular formula is C23H25NO4. The number of nitrogens with zero attached hydrogens (tertiary/aromatic N) is 1. The van der Waals surface area contributed by atoms with Gasteiger partial charge in [0.15, 0.2) is 11.5 Å². The van der Waals surface area contributed by atoms with Crippen LogP contribution in [0.25, 0.3) is 0 Å². The van der Waals surface area contributed by atoms with E-state index in [0.717, 1.165) is 5.56 Å². The Hall–Kier alpha value is -3.08. The zero-order valence-electron chi connectivity index (χ0n) is 16.6. The van der Waals surface area contributed by atoms with Gasteiger partial charge in [-0.25, -0.2) is 0 Å². The molecule has 0 spiro atoms. The predicted molar refractivity (Wildman–Crippen MR) is 107 cm³/mol. The van der Waals surface area contributed by atoms with Gasteiger partial charge in [-0.3, -0.25) is 9.59 Å². The number of rotatable bonds is 5. The van der Waals surface area contributed by atoms with E-state index in [1.165, 1.54) is 4.90 Å². The third-order valence-corrected chi connectivity index (χ3v) is 4.86. The normalized spacial score (nSPS) is 17.2. The highest BCUT2D eigenvalue weighted by Crippen LogP contribution is 2.44. The summed E-state index contributed by atoms with van der Waals surface area (Å²) in [7, 11) is 1.55. The number of ketones is 1. The Morgan fingerprint density at radius 2 is 1.68 bits per heavy atom. The monoisotopic (exact) mass is 379 g/mol. The van der Waals surface area contributed by atoms with Crippen molar-refractivity contribution >= 4 is 11.7 Å². The van der Waals surface area contributed by atoms with E-state index >= 15 is 0 Å². The smallest absolute Gasteiger partial charge is 0.290 e. The molecule has 0 saturated heterocycles. The van der Waals surface area contributed by atoms with Gasteiger partial charge in [-0.2, -0.15) is 0 Å². The first-order valence-electron chi connectivity index (χ1n) is 9.21. The van der Waals surface area contributed by atoms with E-state index in [4.69, 9.17) is 4.74 Å². The molecule has 146 valence electrons. The fourth-order valence-electron chi connectivity index (χ4n) is 3.45. The molecule has 0 fully saturated rings. The molecule has 3 rings (SSSR count). The van der Waals surface area contributed by atoms with E-state index in [1.807, 2.05) is 48.5 Å². The lowest BCUT2D eigenvalue weighted by atomic mass is 9.82. The molecule has 0 saturated carbocycles. The van der Waals surface area contributed by atoms with Crippen molar-refractivity contribution in [1.82, 2.24) is 4.90 Å². The first kappa shape index (κ1) is 19.7. The van der Waals surface area contributed by atoms with Crippen LogP contribution >= 0.6 is 0 Å². The van der Waals surface area contributed by atoms with Gasteiger partial charge in [0.05, 0.1) is 18.7 Å².